The molecule has 0 aromatic carbocycles. The summed E-state index contributed by atoms with van der Waals surface area (Å²) in [5, 5.41) is 4.14. The van der Waals surface area contributed by atoms with Gasteiger partial charge in [-0.3, -0.25) is 9.78 Å². The van der Waals surface area contributed by atoms with Crippen LogP contribution in [0, 0.1) is 20.8 Å². The minimum absolute atomic E-state index is 0.0669. The molecule has 1 saturated heterocycles. The highest BCUT2D eigenvalue weighted by molar-refractivity contribution is 7.15. The van der Waals surface area contributed by atoms with Crippen molar-refractivity contribution < 1.29 is 4.79 Å². The van der Waals surface area contributed by atoms with E-state index in [1.165, 1.54) is 0 Å². The van der Waals surface area contributed by atoms with E-state index in [-0.39, 0.29) is 11.9 Å². The zero-order valence-corrected chi connectivity index (χ0v) is 17.0. The average molecular weight is 395 g/mol. The predicted octanol–water partition coefficient (Wildman–Crippen LogP) is 2.93. The highest BCUT2D eigenvalue weighted by atomic mass is 32.1. The maximum atomic E-state index is 12.5. The van der Waals surface area contributed by atoms with E-state index in [1.807, 2.05) is 26.8 Å². The summed E-state index contributed by atoms with van der Waals surface area (Å²) >= 11 is 1.64. The number of carbonyl (C=O) groups excluding carboxylic acids is 1. The van der Waals surface area contributed by atoms with Crippen LogP contribution in [0.2, 0.25) is 0 Å². The van der Waals surface area contributed by atoms with Crippen molar-refractivity contribution in [3.05, 3.63) is 52.6 Å². The molecular formula is C20H22N6OS. The normalized spacial score (nSPS) is 16.4. The fraction of sp³-hybridized carbons (Fsp3) is 0.350. The molecule has 0 aliphatic carbocycles. The second kappa shape index (κ2) is 7.63. The zero-order valence-electron chi connectivity index (χ0n) is 16.1. The Bertz CT molecular complexity index is 1020. The molecule has 3 aromatic rings. The molecule has 1 aliphatic heterocycles. The Balaban J connectivity index is 1.45. The van der Waals surface area contributed by atoms with Crippen LogP contribution in [0.1, 0.15) is 33.2 Å². The summed E-state index contributed by atoms with van der Waals surface area (Å²) in [5.41, 5.74) is 3.36. The molecule has 1 fully saturated rings. The quantitative estimate of drug-likeness (QED) is 0.732. The average Bonchev–Trinajstić information content (AvgIpc) is 3.28. The van der Waals surface area contributed by atoms with Crippen LogP contribution >= 0.6 is 11.3 Å². The number of pyridine rings is 1. The summed E-state index contributed by atoms with van der Waals surface area (Å²) in [6.45, 7) is 7.39. The summed E-state index contributed by atoms with van der Waals surface area (Å²) in [5.74, 6) is 0.627. The van der Waals surface area contributed by atoms with Crippen molar-refractivity contribution in [2.24, 2.45) is 0 Å². The highest BCUT2D eigenvalue weighted by Gasteiger charge is 2.26. The number of carbonyl (C=O) groups is 1. The summed E-state index contributed by atoms with van der Waals surface area (Å²) in [4.78, 5) is 33.5. The van der Waals surface area contributed by atoms with E-state index < -0.39 is 0 Å². The third-order valence-corrected chi connectivity index (χ3v) is 5.84. The molecule has 0 bridgehead atoms. The number of hydrogen-bond acceptors (Lipinski definition) is 7. The molecule has 144 valence electrons. The topological polar surface area (TPSA) is 83.9 Å². The predicted molar refractivity (Wildman–Crippen MR) is 110 cm³/mol. The minimum atomic E-state index is -0.0669. The molecule has 3 aromatic heterocycles. The van der Waals surface area contributed by atoms with Gasteiger partial charge in [0.1, 0.15) is 0 Å². The number of rotatable bonds is 4. The minimum Gasteiger partial charge on any atom is -0.347 e. The van der Waals surface area contributed by atoms with Crippen molar-refractivity contribution in [2.45, 2.75) is 33.2 Å². The Morgan fingerprint density at radius 2 is 2.00 bits per heavy atom. The van der Waals surface area contributed by atoms with Crippen molar-refractivity contribution in [3.8, 4) is 10.6 Å². The number of hydrogen-bond donors (Lipinski definition) is 1. The molecule has 4 heterocycles. The third-order valence-electron chi connectivity index (χ3n) is 4.74. The molecule has 0 radical (unpaired) electrons. The van der Waals surface area contributed by atoms with Crippen LogP contribution in [0.15, 0.2) is 30.6 Å². The van der Waals surface area contributed by atoms with Crippen molar-refractivity contribution >= 4 is 23.2 Å². The molecule has 1 N–H and O–H groups in total. The van der Waals surface area contributed by atoms with Crippen LogP contribution in [-0.2, 0) is 0 Å². The number of aromatic nitrogens is 4. The standard InChI is InChI=1S/C20H22N6OS/c1-12-10-15(4-7-21-12)19(27)24-16-6-9-26(11-16)20-22-8-5-17(25-20)18-13(2)23-14(3)28-18/h4-5,7-8,10,16H,6,9,11H2,1-3H3,(H,24,27). The summed E-state index contributed by atoms with van der Waals surface area (Å²) in [6.07, 6.45) is 4.31. The highest BCUT2D eigenvalue weighted by Crippen LogP contribution is 2.29. The number of thiazole rings is 1. The number of aryl methyl sites for hydroxylation is 3. The maximum Gasteiger partial charge on any atom is 0.251 e. The van der Waals surface area contributed by atoms with Gasteiger partial charge in [-0.05, 0) is 45.4 Å². The fourth-order valence-electron chi connectivity index (χ4n) is 3.41. The van der Waals surface area contributed by atoms with Crippen LogP contribution in [-0.4, -0.2) is 45.0 Å². The Kier molecular flexibility index (Phi) is 5.04. The van der Waals surface area contributed by atoms with Crippen molar-refractivity contribution in [3.63, 3.8) is 0 Å². The molecule has 4 rings (SSSR count). The lowest BCUT2D eigenvalue weighted by Gasteiger charge is -2.17. The number of nitrogens with zero attached hydrogens (tertiary/aromatic N) is 5. The smallest absolute Gasteiger partial charge is 0.251 e. The molecule has 1 atom stereocenters. The first-order valence-corrected chi connectivity index (χ1v) is 10.1. The van der Waals surface area contributed by atoms with Gasteiger partial charge in [-0.1, -0.05) is 0 Å². The number of amides is 1. The van der Waals surface area contributed by atoms with Gasteiger partial charge in [0.25, 0.3) is 5.91 Å². The van der Waals surface area contributed by atoms with Gasteiger partial charge in [-0.2, -0.15) is 0 Å². The Hall–Kier alpha value is -2.87. The van der Waals surface area contributed by atoms with Crippen molar-refractivity contribution in [1.29, 1.82) is 0 Å². The van der Waals surface area contributed by atoms with Crippen LogP contribution in [0.25, 0.3) is 10.6 Å². The first-order chi connectivity index (χ1) is 13.5. The van der Waals surface area contributed by atoms with E-state index in [2.05, 4.69) is 25.2 Å². The van der Waals surface area contributed by atoms with Gasteiger partial charge in [-0.25, -0.2) is 15.0 Å². The van der Waals surface area contributed by atoms with Crippen molar-refractivity contribution in [2.75, 3.05) is 18.0 Å². The van der Waals surface area contributed by atoms with Gasteiger partial charge in [0.05, 0.1) is 21.3 Å². The lowest BCUT2D eigenvalue weighted by Crippen LogP contribution is -2.37. The lowest BCUT2D eigenvalue weighted by molar-refractivity contribution is 0.0940. The molecule has 1 aliphatic rings. The van der Waals surface area contributed by atoms with E-state index in [0.29, 0.717) is 18.1 Å². The van der Waals surface area contributed by atoms with Gasteiger partial charge in [0.15, 0.2) is 0 Å². The second-order valence-electron chi connectivity index (χ2n) is 6.98. The van der Waals surface area contributed by atoms with E-state index in [9.17, 15) is 4.79 Å². The van der Waals surface area contributed by atoms with Gasteiger partial charge in [0.2, 0.25) is 5.95 Å². The zero-order chi connectivity index (χ0) is 19.7. The third kappa shape index (κ3) is 3.87. The molecule has 7 nitrogen and oxygen atoms in total. The molecule has 8 heteroatoms. The van der Waals surface area contributed by atoms with Gasteiger partial charge in [0, 0.05) is 42.8 Å². The van der Waals surface area contributed by atoms with Crippen LogP contribution in [0.3, 0.4) is 0 Å². The first kappa shape index (κ1) is 18.5. The van der Waals surface area contributed by atoms with Crippen LogP contribution in [0.5, 0.6) is 0 Å². The van der Waals surface area contributed by atoms with E-state index in [1.54, 1.807) is 35.9 Å². The SMILES string of the molecule is Cc1cc(C(=O)NC2CCN(c3nccc(-c4sc(C)nc4C)n3)C2)ccn1. The molecule has 1 amide bonds. The largest absolute Gasteiger partial charge is 0.347 e. The Morgan fingerprint density at radius 3 is 2.75 bits per heavy atom. The molecular weight excluding hydrogens is 372 g/mol. The van der Waals surface area contributed by atoms with Crippen LogP contribution in [0.4, 0.5) is 5.95 Å². The van der Waals surface area contributed by atoms with E-state index in [0.717, 1.165) is 39.9 Å². The van der Waals surface area contributed by atoms with Crippen molar-refractivity contribution in [1.82, 2.24) is 25.3 Å². The second-order valence-corrected chi connectivity index (χ2v) is 8.18. The summed E-state index contributed by atoms with van der Waals surface area (Å²) in [6, 6.07) is 5.53. The Morgan fingerprint density at radius 1 is 1.18 bits per heavy atom. The summed E-state index contributed by atoms with van der Waals surface area (Å²) < 4.78 is 0. The maximum absolute atomic E-state index is 12.5. The van der Waals surface area contributed by atoms with E-state index >= 15 is 0 Å². The van der Waals surface area contributed by atoms with Crippen LogP contribution < -0.4 is 10.2 Å². The monoisotopic (exact) mass is 394 g/mol. The van der Waals surface area contributed by atoms with Gasteiger partial charge < -0.3 is 10.2 Å². The number of anilines is 1. The molecule has 0 spiro atoms. The van der Waals surface area contributed by atoms with Gasteiger partial charge >= 0.3 is 0 Å². The molecule has 28 heavy (non-hydrogen) atoms. The molecule has 1 unspecified atom stereocenters. The molecule has 0 saturated carbocycles. The lowest BCUT2D eigenvalue weighted by atomic mass is 10.2. The van der Waals surface area contributed by atoms with Gasteiger partial charge in [-0.15, -0.1) is 11.3 Å². The number of nitrogens with one attached hydrogen (secondary N) is 1. The first-order valence-electron chi connectivity index (χ1n) is 9.25. The van der Waals surface area contributed by atoms with E-state index in [4.69, 9.17) is 4.98 Å². The summed E-state index contributed by atoms with van der Waals surface area (Å²) in [7, 11) is 0. The fourth-order valence-corrected chi connectivity index (χ4v) is 4.30. The Labute approximate surface area is 167 Å².